The van der Waals surface area contributed by atoms with Crippen molar-refractivity contribution in [2.24, 2.45) is 0 Å². The van der Waals surface area contributed by atoms with Crippen molar-refractivity contribution in [2.75, 3.05) is 0 Å². The van der Waals surface area contributed by atoms with E-state index in [0.29, 0.717) is 11.8 Å². The molecule has 0 saturated carbocycles. The third-order valence-corrected chi connectivity index (χ3v) is 3.91. The molecular formula is C13H11F2NO2S. The Morgan fingerprint density at radius 3 is 2.53 bits per heavy atom. The van der Waals surface area contributed by atoms with E-state index >= 15 is 0 Å². The summed E-state index contributed by atoms with van der Waals surface area (Å²) >= 11 is 1.04. The molecule has 0 saturated heterocycles. The van der Waals surface area contributed by atoms with Crippen LogP contribution in [0.3, 0.4) is 0 Å². The Kier molecular flexibility index (Phi) is 3.61. The van der Waals surface area contributed by atoms with Gasteiger partial charge in [0, 0.05) is 16.6 Å². The topological polar surface area (TPSA) is 39.1 Å². The summed E-state index contributed by atoms with van der Waals surface area (Å²) in [6.45, 7) is 3.26. The minimum atomic E-state index is -0.914. The van der Waals surface area contributed by atoms with Gasteiger partial charge in [-0.05, 0) is 26.0 Å². The number of carbonyl (C=O) groups excluding carboxylic acids is 1. The lowest BCUT2D eigenvalue weighted by Crippen LogP contribution is -2.21. The molecule has 6 heteroatoms. The van der Waals surface area contributed by atoms with Crippen LogP contribution in [0.25, 0.3) is 0 Å². The van der Waals surface area contributed by atoms with Gasteiger partial charge in [0.2, 0.25) is 0 Å². The molecule has 19 heavy (non-hydrogen) atoms. The van der Waals surface area contributed by atoms with E-state index < -0.39 is 17.4 Å². The largest absolute Gasteiger partial charge is 0.307 e. The van der Waals surface area contributed by atoms with Gasteiger partial charge < -0.3 is 0 Å². The van der Waals surface area contributed by atoms with Gasteiger partial charge in [-0.1, -0.05) is 11.3 Å². The second kappa shape index (κ2) is 5.05. The van der Waals surface area contributed by atoms with Crippen LogP contribution in [-0.4, -0.2) is 10.4 Å². The van der Waals surface area contributed by atoms with Crippen LogP contribution in [0.5, 0.6) is 0 Å². The molecule has 0 atom stereocenters. The first-order valence-electron chi connectivity index (χ1n) is 5.55. The van der Waals surface area contributed by atoms with Crippen molar-refractivity contribution in [2.45, 2.75) is 20.4 Å². The van der Waals surface area contributed by atoms with Gasteiger partial charge in [-0.2, -0.15) is 0 Å². The molecule has 1 heterocycles. The molecular weight excluding hydrogens is 272 g/mol. The fourth-order valence-corrected chi connectivity index (χ4v) is 2.55. The van der Waals surface area contributed by atoms with Crippen LogP contribution in [0.15, 0.2) is 23.0 Å². The number of rotatable bonds is 3. The van der Waals surface area contributed by atoms with Gasteiger partial charge in [-0.3, -0.25) is 14.2 Å². The average Bonchev–Trinajstić information content (AvgIpc) is 2.56. The van der Waals surface area contributed by atoms with E-state index in [-0.39, 0.29) is 17.0 Å². The first-order valence-corrected chi connectivity index (χ1v) is 6.37. The zero-order valence-corrected chi connectivity index (χ0v) is 11.2. The van der Waals surface area contributed by atoms with E-state index in [4.69, 9.17) is 0 Å². The molecule has 0 spiro atoms. The van der Waals surface area contributed by atoms with Gasteiger partial charge in [0.1, 0.15) is 11.6 Å². The van der Waals surface area contributed by atoms with E-state index in [2.05, 4.69) is 0 Å². The molecule has 0 aliphatic carbocycles. The SMILES string of the molecule is Cc1sc(=O)n(CC(=O)c2ccc(F)cc2F)c1C. The number of thiazole rings is 1. The zero-order chi connectivity index (χ0) is 14.2. The lowest BCUT2D eigenvalue weighted by atomic mass is 10.1. The summed E-state index contributed by atoms with van der Waals surface area (Å²) in [5, 5.41) is 0. The van der Waals surface area contributed by atoms with Crippen LogP contribution in [-0.2, 0) is 6.54 Å². The molecule has 0 fully saturated rings. The van der Waals surface area contributed by atoms with Gasteiger partial charge in [0.25, 0.3) is 0 Å². The van der Waals surface area contributed by atoms with Crippen molar-refractivity contribution >= 4 is 17.1 Å². The number of benzene rings is 1. The molecule has 0 aliphatic heterocycles. The number of ketones is 1. The van der Waals surface area contributed by atoms with Crippen molar-refractivity contribution in [1.82, 2.24) is 4.57 Å². The van der Waals surface area contributed by atoms with E-state index in [1.165, 1.54) is 4.57 Å². The highest BCUT2D eigenvalue weighted by molar-refractivity contribution is 7.09. The van der Waals surface area contributed by atoms with Crippen molar-refractivity contribution in [3.8, 4) is 0 Å². The predicted molar refractivity (Wildman–Crippen MR) is 68.7 cm³/mol. The van der Waals surface area contributed by atoms with Crippen LogP contribution in [0.2, 0.25) is 0 Å². The average molecular weight is 283 g/mol. The maximum absolute atomic E-state index is 13.5. The lowest BCUT2D eigenvalue weighted by Gasteiger charge is -2.05. The van der Waals surface area contributed by atoms with Crippen LogP contribution in [0.1, 0.15) is 20.9 Å². The number of Topliss-reactive ketones (excluding diaryl/α,β-unsaturated/α-hetero) is 1. The molecule has 2 aromatic rings. The third-order valence-electron chi connectivity index (χ3n) is 2.91. The number of hydrogen-bond acceptors (Lipinski definition) is 3. The Morgan fingerprint density at radius 2 is 2.00 bits per heavy atom. The van der Waals surface area contributed by atoms with Crippen molar-refractivity contribution in [3.63, 3.8) is 0 Å². The van der Waals surface area contributed by atoms with E-state index in [1.807, 2.05) is 0 Å². The molecule has 0 bridgehead atoms. The van der Waals surface area contributed by atoms with Crippen molar-refractivity contribution in [1.29, 1.82) is 0 Å². The van der Waals surface area contributed by atoms with E-state index in [0.717, 1.165) is 28.3 Å². The Labute approximate surface area is 112 Å². The summed E-state index contributed by atoms with van der Waals surface area (Å²) in [5.41, 5.74) is 0.474. The molecule has 3 nitrogen and oxygen atoms in total. The maximum Gasteiger partial charge on any atom is 0.307 e. The van der Waals surface area contributed by atoms with Crippen LogP contribution >= 0.6 is 11.3 Å². The first kappa shape index (κ1) is 13.6. The molecule has 1 aromatic heterocycles. The highest BCUT2D eigenvalue weighted by Crippen LogP contribution is 2.13. The third kappa shape index (κ3) is 2.63. The monoisotopic (exact) mass is 283 g/mol. The number of aromatic nitrogens is 1. The second-order valence-corrected chi connectivity index (χ2v) is 5.31. The molecule has 0 N–H and O–H groups in total. The van der Waals surface area contributed by atoms with Gasteiger partial charge in [-0.15, -0.1) is 0 Å². The lowest BCUT2D eigenvalue weighted by molar-refractivity contribution is 0.0966. The molecule has 0 amide bonds. The quantitative estimate of drug-likeness (QED) is 0.812. The Balaban J connectivity index is 2.33. The molecule has 2 rings (SSSR count). The zero-order valence-electron chi connectivity index (χ0n) is 10.4. The summed E-state index contributed by atoms with van der Waals surface area (Å²) in [5.74, 6) is -2.21. The highest BCUT2D eigenvalue weighted by Gasteiger charge is 2.16. The first-order chi connectivity index (χ1) is 8.90. The van der Waals surface area contributed by atoms with Crippen LogP contribution < -0.4 is 4.87 Å². The predicted octanol–water partition coefficient (Wildman–Crippen LogP) is 2.69. The normalized spacial score (nSPS) is 10.7. The van der Waals surface area contributed by atoms with Gasteiger partial charge in [-0.25, -0.2) is 8.78 Å². The van der Waals surface area contributed by atoms with Gasteiger partial charge >= 0.3 is 4.87 Å². The molecule has 0 unspecified atom stereocenters. The minimum absolute atomic E-state index is 0.212. The molecule has 1 aromatic carbocycles. The van der Waals surface area contributed by atoms with Crippen LogP contribution in [0.4, 0.5) is 8.78 Å². The maximum atomic E-state index is 13.5. The summed E-state index contributed by atoms with van der Waals surface area (Å²) in [6, 6.07) is 2.76. The molecule has 0 aliphatic rings. The second-order valence-electron chi connectivity index (χ2n) is 4.14. The summed E-state index contributed by atoms with van der Waals surface area (Å²) in [7, 11) is 0. The molecule has 100 valence electrons. The van der Waals surface area contributed by atoms with E-state index in [9.17, 15) is 18.4 Å². The number of hydrogen-bond donors (Lipinski definition) is 0. The van der Waals surface area contributed by atoms with E-state index in [1.54, 1.807) is 13.8 Å². The Hall–Kier alpha value is -1.82. The van der Waals surface area contributed by atoms with Crippen molar-refractivity contribution in [3.05, 3.63) is 55.6 Å². The minimum Gasteiger partial charge on any atom is -0.295 e. The van der Waals surface area contributed by atoms with Crippen LogP contribution in [0, 0.1) is 25.5 Å². The Bertz CT molecular complexity index is 703. The van der Waals surface area contributed by atoms with Gasteiger partial charge in [0.15, 0.2) is 5.78 Å². The number of nitrogens with zero attached hydrogens (tertiary/aromatic N) is 1. The number of carbonyl (C=O) groups is 1. The number of halogens is 2. The van der Waals surface area contributed by atoms with Crippen molar-refractivity contribution < 1.29 is 13.6 Å². The fourth-order valence-electron chi connectivity index (χ4n) is 1.71. The highest BCUT2D eigenvalue weighted by atomic mass is 32.1. The standard InChI is InChI=1S/C13H11F2NO2S/c1-7-8(2)19-13(18)16(7)6-12(17)10-4-3-9(14)5-11(10)15/h3-5H,6H2,1-2H3. The Morgan fingerprint density at radius 1 is 1.32 bits per heavy atom. The smallest absolute Gasteiger partial charge is 0.295 e. The van der Waals surface area contributed by atoms with Gasteiger partial charge in [0.05, 0.1) is 12.1 Å². The summed E-state index contributed by atoms with van der Waals surface area (Å²) < 4.78 is 27.5. The number of aryl methyl sites for hydroxylation is 1. The summed E-state index contributed by atoms with van der Waals surface area (Å²) in [4.78, 5) is 24.1. The fraction of sp³-hybridized carbons (Fsp3) is 0.231. The summed E-state index contributed by atoms with van der Waals surface area (Å²) in [6.07, 6.45) is 0. The molecule has 0 radical (unpaired) electrons.